The number of carbonyl (C=O) groups excluding carboxylic acids is 2. The molecule has 88 valence electrons. The van der Waals surface area contributed by atoms with Crippen LogP contribution >= 0.6 is 0 Å². The van der Waals surface area contributed by atoms with Gasteiger partial charge in [-0.05, 0) is 17.7 Å². The monoisotopic (exact) mass is 234 g/mol. The molecule has 0 spiro atoms. The highest BCUT2D eigenvalue weighted by molar-refractivity contribution is 5.97. The summed E-state index contributed by atoms with van der Waals surface area (Å²) in [7, 11) is 0. The number of phenolic OH excluding ortho intramolecular Hbond substituents is 1. The Morgan fingerprint density at radius 3 is 2.94 bits per heavy atom. The number of hydrogen-bond donors (Lipinski definition) is 2. The molecular formula is C10H10N4O3. The fourth-order valence-electron chi connectivity index (χ4n) is 1.17. The molecule has 0 saturated carbocycles. The van der Waals surface area contributed by atoms with Crippen molar-refractivity contribution in [2.24, 2.45) is 5.11 Å². The van der Waals surface area contributed by atoms with E-state index in [1.165, 1.54) is 18.2 Å². The van der Waals surface area contributed by atoms with E-state index in [-0.39, 0.29) is 30.0 Å². The van der Waals surface area contributed by atoms with Gasteiger partial charge in [-0.3, -0.25) is 4.79 Å². The minimum absolute atomic E-state index is 0.0628. The summed E-state index contributed by atoms with van der Waals surface area (Å²) in [5.74, 6) is -0.768. The third-order valence-corrected chi connectivity index (χ3v) is 1.93. The van der Waals surface area contributed by atoms with Gasteiger partial charge in [-0.15, -0.1) is 0 Å². The van der Waals surface area contributed by atoms with Gasteiger partial charge < -0.3 is 15.2 Å². The lowest BCUT2D eigenvalue weighted by Crippen LogP contribution is -2.24. The molecule has 0 fully saturated rings. The quantitative estimate of drug-likeness (QED) is 0.265. The molecular weight excluding hydrogens is 224 g/mol. The first-order valence-electron chi connectivity index (χ1n) is 4.79. The summed E-state index contributed by atoms with van der Waals surface area (Å²) in [4.78, 5) is 24.1. The van der Waals surface area contributed by atoms with Crippen molar-refractivity contribution in [1.82, 2.24) is 5.32 Å². The molecule has 7 nitrogen and oxygen atoms in total. The predicted octanol–water partition coefficient (Wildman–Crippen LogP) is 1.65. The Balaban J connectivity index is 2.80. The van der Waals surface area contributed by atoms with Gasteiger partial charge >= 0.3 is 0 Å². The second kappa shape index (κ2) is 6.14. The highest BCUT2D eigenvalue weighted by Gasteiger charge is 2.10. The van der Waals surface area contributed by atoms with Gasteiger partial charge in [-0.25, -0.2) is 0 Å². The van der Waals surface area contributed by atoms with E-state index in [9.17, 15) is 14.7 Å². The number of aldehydes is 1. The van der Waals surface area contributed by atoms with Crippen molar-refractivity contribution in [3.63, 3.8) is 0 Å². The van der Waals surface area contributed by atoms with Crippen LogP contribution in [-0.2, 0) is 4.79 Å². The molecule has 0 unspecified atom stereocenters. The van der Waals surface area contributed by atoms with E-state index < -0.39 is 5.91 Å². The lowest BCUT2D eigenvalue weighted by atomic mass is 10.1. The second-order valence-corrected chi connectivity index (χ2v) is 3.10. The molecule has 0 aliphatic heterocycles. The van der Waals surface area contributed by atoms with Crippen LogP contribution in [0.1, 0.15) is 16.8 Å². The van der Waals surface area contributed by atoms with Gasteiger partial charge in [-0.1, -0.05) is 11.2 Å². The van der Waals surface area contributed by atoms with Gasteiger partial charge in [-0.2, -0.15) is 0 Å². The van der Waals surface area contributed by atoms with Crippen molar-refractivity contribution in [3.05, 3.63) is 34.2 Å². The number of azide groups is 1. The van der Waals surface area contributed by atoms with Gasteiger partial charge in [0.15, 0.2) is 0 Å². The zero-order valence-electron chi connectivity index (χ0n) is 8.83. The molecule has 2 N–H and O–H groups in total. The van der Waals surface area contributed by atoms with Crippen LogP contribution < -0.4 is 5.32 Å². The molecule has 0 heterocycles. The minimum atomic E-state index is -0.489. The number of phenols is 1. The average molecular weight is 234 g/mol. The Morgan fingerprint density at radius 2 is 2.35 bits per heavy atom. The van der Waals surface area contributed by atoms with Crippen LogP contribution in [0.2, 0.25) is 0 Å². The van der Waals surface area contributed by atoms with Gasteiger partial charge in [0.1, 0.15) is 12.0 Å². The molecule has 7 heteroatoms. The zero-order valence-corrected chi connectivity index (χ0v) is 8.83. The molecule has 0 bridgehead atoms. The summed E-state index contributed by atoms with van der Waals surface area (Å²) in [5, 5.41) is 15.3. The first kappa shape index (κ1) is 12.5. The van der Waals surface area contributed by atoms with E-state index in [2.05, 4.69) is 15.3 Å². The van der Waals surface area contributed by atoms with Crippen LogP contribution in [0.3, 0.4) is 0 Å². The van der Waals surface area contributed by atoms with Crippen molar-refractivity contribution < 1.29 is 14.7 Å². The first-order chi connectivity index (χ1) is 8.19. The number of rotatable bonds is 5. The standard InChI is InChI=1S/C10H10N4O3/c11-14-13-7-2-3-8(9(16)6-7)10(17)12-4-1-5-15/h2-3,5-6,16H,1,4H2,(H,12,17). The SMILES string of the molecule is [N-]=[N+]=Nc1ccc(C(=O)NCCC=O)c(O)c1. The number of amides is 1. The second-order valence-electron chi connectivity index (χ2n) is 3.10. The van der Waals surface area contributed by atoms with E-state index in [1.54, 1.807) is 0 Å². The summed E-state index contributed by atoms with van der Waals surface area (Å²) in [6.07, 6.45) is 0.897. The molecule has 1 aromatic rings. The molecule has 0 saturated heterocycles. The van der Waals surface area contributed by atoms with Crippen molar-refractivity contribution in [2.45, 2.75) is 6.42 Å². The molecule has 1 amide bonds. The van der Waals surface area contributed by atoms with E-state index in [0.29, 0.717) is 6.29 Å². The highest BCUT2D eigenvalue weighted by Crippen LogP contribution is 2.23. The largest absolute Gasteiger partial charge is 0.507 e. The molecule has 17 heavy (non-hydrogen) atoms. The van der Waals surface area contributed by atoms with Crippen LogP contribution in [0.25, 0.3) is 10.4 Å². The number of nitrogens with zero attached hydrogens (tertiary/aromatic N) is 3. The van der Waals surface area contributed by atoms with Crippen LogP contribution in [0.5, 0.6) is 5.75 Å². The van der Waals surface area contributed by atoms with E-state index in [1.807, 2.05) is 0 Å². The Labute approximate surface area is 96.7 Å². The van der Waals surface area contributed by atoms with E-state index in [0.717, 1.165) is 0 Å². The van der Waals surface area contributed by atoms with Crippen LogP contribution in [0.4, 0.5) is 5.69 Å². The number of hydrogen-bond acceptors (Lipinski definition) is 4. The molecule has 0 radical (unpaired) electrons. The Hall–Kier alpha value is -2.53. The minimum Gasteiger partial charge on any atom is -0.507 e. The maximum Gasteiger partial charge on any atom is 0.255 e. The molecule has 0 aliphatic rings. The van der Waals surface area contributed by atoms with E-state index >= 15 is 0 Å². The summed E-state index contributed by atoms with van der Waals surface area (Å²) in [5.41, 5.74) is 8.48. The van der Waals surface area contributed by atoms with Gasteiger partial charge in [0, 0.05) is 23.6 Å². The molecule has 1 rings (SSSR count). The van der Waals surface area contributed by atoms with Crippen LogP contribution in [0.15, 0.2) is 23.3 Å². The van der Waals surface area contributed by atoms with E-state index in [4.69, 9.17) is 5.53 Å². The third kappa shape index (κ3) is 3.51. The van der Waals surface area contributed by atoms with Crippen LogP contribution in [-0.4, -0.2) is 23.8 Å². The number of carbonyl (C=O) groups is 2. The maximum atomic E-state index is 11.5. The summed E-state index contributed by atoms with van der Waals surface area (Å²) in [6.45, 7) is 0.208. The lowest BCUT2D eigenvalue weighted by molar-refractivity contribution is -0.107. The number of nitrogens with one attached hydrogen (secondary N) is 1. The smallest absolute Gasteiger partial charge is 0.255 e. The van der Waals surface area contributed by atoms with Crippen molar-refractivity contribution in [3.8, 4) is 5.75 Å². The highest BCUT2D eigenvalue weighted by atomic mass is 16.3. The Bertz CT molecular complexity index is 480. The normalized spacial score (nSPS) is 9.18. The fraction of sp³-hybridized carbons (Fsp3) is 0.200. The topological polar surface area (TPSA) is 115 Å². The molecule has 1 aromatic carbocycles. The predicted molar refractivity (Wildman–Crippen MR) is 59.9 cm³/mol. The number of aromatic hydroxyl groups is 1. The average Bonchev–Trinajstić information content (AvgIpc) is 2.29. The zero-order chi connectivity index (χ0) is 12.7. The number of benzene rings is 1. The van der Waals surface area contributed by atoms with Crippen molar-refractivity contribution in [1.29, 1.82) is 0 Å². The maximum absolute atomic E-state index is 11.5. The first-order valence-corrected chi connectivity index (χ1v) is 4.79. The van der Waals surface area contributed by atoms with Crippen molar-refractivity contribution in [2.75, 3.05) is 6.54 Å². The summed E-state index contributed by atoms with van der Waals surface area (Å²) < 4.78 is 0. The van der Waals surface area contributed by atoms with Crippen molar-refractivity contribution >= 4 is 17.9 Å². The molecule has 0 atom stereocenters. The molecule has 0 aromatic heterocycles. The van der Waals surface area contributed by atoms with Gasteiger partial charge in [0.05, 0.1) is 5.56 Å². The third-order valence-electron chi connectivity index (χ3n) is 1.93. The van der Waals surface area contributed by atoms with Crippen LogP contribution in [0, 0.1) is 0 Å². The Morgan fingerprint density at radius 1 is 1.59 bits per heavy atom. The lowest BCUT2D eigenvalue weighted by Gasteiger charge is -2.05. The van der Waals surface area contributed by atoms with Gasteiger partial charge in [0.25, 0.3) is 5.91 Å². The molecule has 0 aliphatic carbocycles. The fourth-order valence-corrected chi connectivity index (χ4v) is 1.17. The van der Waals surface area contributed by atoms with Gasteiger partial charge in [0.2, 0.25) is 0 Å². The Kier molecular flexibility index (Phi) is 4.53. The summed E-state index contributed by atoms with van der Waals surface area (Å²) in [6, 6.07) is 3.94. The summed E-state index contributed by atoms with van der Waals surface area (Å²) >= 11 is 0.